The number of hydrogen-bond donors (Lipinski definition) is 0. The van der Waals surface area contributed by atoms with Gasteiger partial charge in [0.05, 0.1) is 16.2 Å². The van der Waals surface area contributed by atoms with Crippen molar-refractivity contribution >= 4 is 67.3 Å². The largest absolute Gasteiger partial charge is 0.308 e. The van der Waals surface area contributed by atoms with Crippen LogP contribution in [0.15, 0.2) is 27.6 Å². The summed E-state index contributed by atoms with van der Waals surface area (Å²) in [6.07, 6.45) is 7.41. The van der Waals surface area contributed by atoms with Gasteiger partial charge in [-0.2, -0.15) is 0 Å². The summed E-state index contributed by atoms with van der Waals surface area (Å²) in [5.74, 6) is -0.167. The molecule has 1 aromatic carbocycles. The van der Waals surface area contributed by atoms with E-state index in [1.165, 1.54) is 18.2 Å². The Balaban J connectivity index is 1.76. The Bertz CT molecular complexity index is 877. The lowest BCUT2D eigenvalue weighted by molar-refractivity contribution is -0.124. The van der Waals surface area contributed by atoms with Crippen molar-refractivity contribution in [2.75, 3.05) is 11.4 Å². The van der Waals surface area contributed by atoms with Crippen LogP contribution in [0.4, 0.5) is 5.69 Å². The molecule has 3 aliphatic rings. The summed E-state index contributed by atoms with van der Waals surface area (Å²) in [6, 6.07) is 6.03. The number of halogens is 1. The van der Waals surface area contributed by atoms with Gasteiger partial charge in [0.15, 0.2) is 0 Å². The van der Waals surface area contributed by atoms with Crippen LogP contribution in [-0.4, -0.2) is 33.6 Å². The van der Waals surface area contributed by atoms with Crippen molar-refractivity contribution in [2.24, 2.45) is 0 Å². The van der Waals surface area contributed by atoms with E-state index in [4.69, 9.17) is 12.2 Å². The highest BCUT2D eigenvalue weighted by atomic mass is 79.9. The second kappa shape index (κ2) is 8.28. The number of carbonyl (C=O) groups excluding carboxylic acids is 2. The van der Waals surface area contributed by atoms with Gasteiger partial charge in [-0.05, 0) is 37.5 Å². The van der Waals surface area contributed by atoms with E-state index in [9.17, 15) is 9.59 Å². The number of thioether (sulfide) groups is 1. The molecule has 4 rings (SSSR count). The monoisotopic (exact) mass is 478 g/mol. The average molecular weight is 479 g/mol. The number of fused-ring (bicyclic) bond motifs is 1. The summed E-state index contributed by atoms with van der Waals surface area (Å²) in [4.78, 5) is 30.8. The van der Waals surface area contributed by atoms with E-state index in [-0.39, 0.29) is 17.9 Å². The summed E-state index contributed by atoms with van der Waals surface area (Å²) in [6.45, 7) is 2.77. The normalized spacial score (nSPS) is 23.1. The molecule has 0 bridgehead atoms. The molecule has 28 heavy (non-hydrogen) atoms. The van der Waals surface area contributed by atoms with Crippen LogP contribution in [0.2, 0.25) is 0 Å². The number of rotatable bonds is 4. The van der Waals surface area contributed by atoms with Crippen LogP contribution >= 0.6 is 39.9 Å². The average Bonchev–Trinajstić information content (AvgIpc) is 3.12. The third-order valence-corrected chi connectivity index (χ3v) is 7.57. The molecule has 7 heteroatoms. The van der Waals surface area contributed by atoms with Gasteiger partial charge in [-0.25, -0.2) is 0 Å². The predicted molar refractivity (Wildman–Crippen MR) is 122 cm³/mol. The van der Waals surface area contributed by atoms with Crippen molar-refractivity contribution in [1.82, 2.24) is 4.90 Å². The molecule has 2 heterocycles. The first kappa shape index (κ1) is 20.1. The number of nitrogens with zero attached hydrogens (tertiary/aromatic N) is 2. The maximum absolute atomic E-state index is 13.3. The van der Waals surface area contributed by atoms with Crippen LogP contribution in [0.5, 0.6) is 0 Å². The van der Waals surface area contributed by atoms with Crippen LogP contribution in [0.3, 0.4) is 0 Å². The number of unbranched alkanes of at least 4 members (excludes halogenated alkanes) is 1. The molecule has 1 saturated heterocycles. The summed E-state index contributed by atoms with van der Waals surface area (Å²) >= 11 is 10.4. The Labute approximate surface area is 183 Å². The fourth-order valence-electron chi connectivity index (χ4n) is 4.25. The van der Waals surface area contributed by atoms with Gasteiger partial charge in [0.2, 0.25) is 0 Å². The van der Waals surface area contributed by atoms with Crippen molar-refractivity contribution in [3.05, 3.63) is 33.1 Å². The molecule has 2 fully saturated rings. The topological polar surface area (TPSA) is 40.6 Å². The standard InChI is InChI=1S/C21H23BrN2O2S2/c1-2-3-11-23-16-10-9-13(22)12-15(16)17(19(23)25)18-20(26)24(21(27)28-18)14-7-5-4-6-8-14/h9-10,12,14H,2-8,11H2,1H3/b18-17-. The Morgan fingerprint density at radius 2 is 1.93 bits per heavy atom. The molecule has 1 aliphatic carbocycles. The van der Waals surface area contributed by atoms with Crippen LogP contribution in [0.1, 0.15) is 57.4 Å². The second-order valence-corrected chi connectivity index (χ2v) is 10.1. The summed E-state index contributed by atoms with van der Waals surface area (Å²) in [5, 5.41) is 0. The Morgan fingerprint density at radius 1 is 1.18 bits per heavy atom. The van der Waals surface area contributed by atoms with Crippen LogP contribution < -0.4 is 4.90 Å². The zero-order valence-corrected chi connectivity index (χ0v) is 19.1. The quantitative estimate of drug-likeness (QED) is 0.423. The molecule has 0 unspecified atom stereocenters. The number of carbonyl (C=O) groups is 2. The molecule has 2 amide bonds. The van der Waals surface area contributed by atoms with Gasteiger partial charge in [-0.1, -0.05) is 72.5 Å². The van der Waals surface area contributed by atoms with Crippen molar-refractivity contribution in [1.29, 1.82) is 0 Å². The highest BCUT2D eigenvalue weighted by Crippen LogP contribution is 2.46. The lowest BCUT2D eigenvalue weighted by Crippen LogP contribution is -2.40. The van der Waals surface area contributed by atoms with Crippen molar-refractivity contribution in [3.63, 3.8) is 0 Å². The lowest BCUT2D eigenvalue weighted by atomic mass is 9.94. The third-order valence-electron chi connectivity index (χ3n) is 5.68. The Kier molecular flexibility index (Phi) is 5.95. The third kappa shape index (κ3) is 3.46. The molecule has 0 aromatic heterocycles. The fourth-order valence-corrected chi connectivity index (χ4v) is 6.08. The van der Waals surface area contributed by atoms with Crippen molar-refractivity contribution in [3.8, 4) is 0 Å². The van der Waals surface area contributed by atoms with Crippen LogP contribution in [0, 0.1) is 0 Å². The number of benzene rings is 1. The summed E-state index contributed by atoms with van der Waals surface area (Å²) in [5.41, 5.74) is 2.24. The molecule has 0 N–H and O–H groups in total. The molecule has 2 aliphatic heterocycles. The number of anilines is 1. The molecule has 0 atom stereocenters. The first-order valence-electron chi connectivity index (χ1n) is 9.94. The highest BCUT2D eigenvalue weighted by Gasteiger charge is 2.44. The summed E-state index contributed by atoms with van der Waals surface area (Å²) < 4.78 is 1.49. The summed E-state index contributed by atoms with van der Waals surface area (Å²) in [7, 11) is 0. The van der Waals surface area contributed by atoms with E-state index in [0.29, 0.717) is 21.3 Å². The van der Waals surface area contributed by atoms with Gasteiger partial charge in [-0.15, -0.1) is 0 Å². The maximum Gasteiger partial charge on any atom is 0.267 e. The SMILES string of the molecule is CCCCN1C(=O)/C(=C2\SC(=S)N(C3CCCCC3)C2=O)c2cc(Br)ccc21. The van der Waals surface area contributed by atoms with E-state index in [1.807, 2.05) is 23.1 Å². The predicted octanol–water partition coefficient (Wildman–Crippen LogP) is 5.50. The van der Waals surface area contributed by atoms with Gasteiger partial charge in [-0.3, -0.25) is 14.5 Å². The van der Waals surface area contributed by atoms with E-state index in [1.54, 1.807) is 4.90 Å². The van der Waals surface area contributed by atoms with Crippen LogP contribution in [0.25, 0.3) is 5.57 Å². The first-order chi connectivity index (χ1) is 13.5. The molecular formula is C21H23BrN2O2S2. The van der Waals surface area contributed by atoms with Gasteiger partial charge >= 0.3 is 0 Å². The minimum atomic E-state index is -0.0893. The van der Waals surface area contributed by atoms with Gasteiger partial charge < -0.3 is 4.90 Å². The number of hydrogen-bond acceptors (Lipinski definition) is 4. The lowest BCUT2D eigenvalue weighted by Gasteiger charge is -2.29. The van der Waals surface area contributed by atoms with Gasteiger partial charge in [0.1, 0.15) is 4.32 Å². The minimum Gasteiger partial charge on any atom is -0.308 e. The van der Waals surface area contributed by atoms with Crippen LogP contribution in [-0.2, 0) is 9.59 Å². The molecule has 1 saturated carbocycles. The van der Waals surface area contributed by atoms with E-state index in [0.717, 1.165) is 54.2 Å². The molecule has 148 valence electrons. The molecule has 4 nitrogen and oxygen atoms in total. The Hall–Kier alpha value is -1.18. The minimum absolute atomic E-state index is 0.0781. The molecular weight excluding hydrogens is 456 g/mol. The highest BCUT2D eigenvalue weighted by molar-refractivity contribution is 9.10. The molecule has 1 aromatic rings. The second-order valence-electron chi connectivity index (χ2n) is 7.51. The first-order valence-corrected chi connectivity index (χ1v) is 12.0. The smallest absolute Gasteiger partial charge is 0.267 e. The molecule has 0 spiro atoms. The zero-order valence-electron chi connectivity index (χ0n) is 15.9. The zero-order chi connectivity index (χ0) is 19.8. The maximum atomic E-state index is 13.3. The fraction of sp³-hybridized carbons (Fsp3) is 0.476. The van der Waals surface area contributed by atoms with E-state index < -0.39 is 0 Å². The van der Waals surface area contributed by atoms with Gasteiger partial charge in [0.25, 0.3) is 11.8 Å². The molecule has 0 radical (unpaired) electrons. The van der Waals surface area contributed by atoms with Crippen molar-refractivity contribution in [2.45, 2.75) is 57.9 Å². The van der Waals surface area contributed by atoms with Crippen molar-refractivity contribution < 1.29 is 9.59 Å². The number of amides is 2. The van der Waals surface area contributed by atoms with E-state index >= 15 is 0 Å². The number of thiocarbonyl (C=S) groups is 1. The van der Waals surface area contributed by atoms with Gasteiger partial charge in [0, 0.05) is 22.6 Å². The van der Waals surface area contributed by atoms with E-state index in [2.05, 4.69) is 22.9 Å². The Morgan fingerprint density at radius 3 is 2.64 bits per heavy atom.